The van der Waals surface area contributed by atoms with Gasteiger partial charge in [0.1, 0.15) is 23.7 Å². The number of imidazole rings is 1. The number of nitrogen functional groups attached to an aromatic ring is 1. The van der Waals surface area contributed by atoms with Crippen molar-refractivity contribution in [1.29, 1.82) is 0 Å². The lowest BCUT2D eigenvalue weighted by molar-refractivity contribution is 0.291. The van der Waals surface area contributed by atoms with Crippen molar-refractivity contribution in [2.75, 3.05) is 5.73 Å². The van der Waals surface area contributed by atoms with Gasteiger partial charge in [-0.1, -0.05) is 29.8 Å². The molecule has 0 amide bonds. The fourth-order valence-corrected chi connectivity index (χ4v) is 2.57. The van der Waals surface area contributed by atoms with Crippen LogP contribution in [0.15, 0.2) is 42.5 Å². The highest BCUT2D eigenvalue weighted by atomic mass is 35.5. The van der Waals surface area contributed by atoms with E-state index in [-0.39, 0.29) is 0 Å². The number of nitrogens with two attached hydrogens (primary N) is 1. The van der Waals surface area contributed by atoms with Crippen LogP contribution in [0.4, 0.5) is 5.69 Å². The van der Waals surface area contributed by atoms with E-state index >= 15 is 0 Å². The average molecular weight is 302 g/mol. The Morgan fingerprint density at radius 3 is 2.76 bits per heavy atom. The van der Waals surface area contributed by atoms with E-state index in [1.54, 1.807) is 6.07 Å². The van der Waals surface area contributed by atoms with Crippen LogP contribution in [-0.4, -0.2) is 9.55 Å². The average Bonchev–Trinajstić information content (AvgIpc) is 2.85. The number of anilines is 1. The first-order valence-electron chi connectivity index (χ1n) is 6.81. The maximum absolute atomic E-state index is 6.10. The molecule has 5 heteroatoms. The first kappa shape index (κ1) is 13.8. The summed E-state index contributed by atoms with van der Waals surface area (Å²) in [5, 5.41) is 0.594. The van der Waals surface area contributed by atoms with Crippen LogP contribution in [-0.2, 0) is 13.2 Å². The SMILES string of the molecule is CCn1c(COc2ccccc2Cl)nc2c(N)cccc21. The number of nitrogens with zero attached hydrogens (tertiary/aromatic N) is 2. The minimum absolute atomic E-state index is 0.353. The Labute approximate surface area is 128 Å². The molecule has 3 rings (SSSR count). The molecule has 1 heterocycles. The summed E-state index contributed by atoms with van der Waals surface area (Å²) in [6, 6.07) is 13.2. The molecule has 0 aliphatic carbocycles. The summed E-state index contributed by atoms with van der Waals surface area (Å²) in [6.07, 6.45) is 0. The standard InChI is InChI=1S/C16H16ClN3O/c1-2-20-13-8-5-7-12(18)16(13)19-15(20)10-21-14-9-4-3-6-11(14)17/h3-9H,2,10,18H2,1H3. The Morgan fingerprint density at radius 2 is 2.00 bits per heavy atom. The molecule has 0 spiro atoms. The zero-order valence-electron chi connectivity index (χ0n) is 11.7. The maximum Gasteiger partial charge on any atom is 0.148 e. The number of hydrogen-bond donors (Lipinski definition) is 1. The lowest BCUT2D eigenvalue weighted by atomic mass is 10.3. The Bertz CT molecular complexity index is 782. The Kier molecular flexibility index (Phi) is 3.71. The molecule has 0 aliphatic rings. The van der Waals surface area contributed by atoms with Crippen molar-refractivity contribution >= 4 is 28.3 Å². The smallest absolute Gasteiger partial charge is 0.148 e. The van der Waals surface area contributed by atoms with Crippen molar-refractivity contribution in [3.05, 3.63) is 53.3 Å². The first-order chi connectivity index (χ1) is 10.2. The zero-order valence-corrected chi connectivity index (χ0v) is 12.5. The van der Waals surface area contributed by atoms with Crippen LogP contribution >= 0.6 is 11.6 Å². The van der Waals surface area contributed by atoms with Crippen molar-refractivity contribution in [2.24, 2.45) is 0 Å². The highest BCUT2D eigenvalue weighted by Gasteiger charge is 2.12. The van der Waals surface area contributed by atoms with Crippen molar-refractivity contribution < 1.29 is 4.74 Å². The van der Waals surface area contributed by atoms with Crippen LogP contribution in [0.5, 0.6) is 5.75 Å². The molecule has 0 bridgehead atoms. The summed E-state index contributed by atoms with van der Waals surface area (Å²) >= 11 is 6.10. The molecule has 2 N–H and O–H groups in total. The molecule has 108 valence electrons. The lowest BCUT2D eigenvalue weighted by Gasteiger charge is -2.09. The number of ether oxygens (including phenoxy) is 1. The molecule has 2 aromatic carbocycles. The molecule has 3 aromatic rings. The van der Waals surface area contributed by atoms with Crippen LogP contribution in [0.1, 0.15) is 12.7 Å². The van der Waals surface area contributed by atoms with Crippen molar-refractivity contribution in [3.8, 4) is 5.75 Å². The van der Waals surface area contributed by atoms with E-state index in [9.17, 15) is 0 Å². The molecule has 0 atom stereocenters. The highest BCUT2D eigenvalue weighted by Crippen LogP contribution is 2.26. The Balaban J connectivity index is 1.94. The number of para-hydroxylation sites is 2. The topological polar surface area (TPSA) is 53.1 Å². The Hall–Kier alpha value is -2.20. The minimum atomic E-state index is 0.353. The number of aromatic nitrogens is 2. The quantitative estimate of drug-likeness (QED) is 0.744. The summed E-state index contributed by atoms with van der Waals surface area (Å²) in [5.41, 5.74) is 8.51. The van der Waals surface area contributed by atoms with E-state index < -0.39 is 0 Å². The molecule has 1 aromatic heterocycles. The monoisotopic (exact) mass is 301 g/mol. The van der Waals surface area contributed by atoms with E-state index in [0.29, 0.717) is 23.1 Å². The molecule has 0 fully saturated rings. The normalized spacial score (nSPS) is 11.0. The molecule has 0 radical (unpaired) electrons. The second-order valence-electron chi connectivity index (χ2n) is 4.71. The number of fused-ring (bicyclic) bond motifs is 1. The fourth-order valence-electron chi connectivity index (χ4n) is 2.38. The van der Waals surface area contributed by atoms with Gasteiger partial charge in [0, 0.05) is 6.54 Å². The summed E-state index contributed by atoms with van der Waals surface area (Å²) in [4.78, 5) is 4.60. The third-order valence-corrected chi connectivity index (χ3v) is 3.71. The zero-order chi connectivity index (χ0) is 14.8. The summed E-state index contributed by atoms with van der Waals surface area (Å²) < 4.78 is 7.88. The van der Waals surface area contributed by atoms with Gasteiger partial charge >= 0.3 is 0 Å². The van der Waals surface area contributed by atoms with Gasteiger partial charge < -0.3 is 15.0 Å². The van der Waals surface area contributed by atoms with Crippen LogP contribution in [0, 0.1) is 0 Å². The third-order valence-electron chi connectivity index (χ3n) is 3.40. The predicted molar refractivity (Wildman–Crippen MR) is 85.6 cm³/mol. The molecule has 0 unspecified atom stereocenters. The highest BCUT2D eigenvalue weighted by molar-refractivity contribution is 6.32. The molecule has 0 saturated carbocycles. The van der Waals surface area contributed by atoms with Crippen LogP contribution < -0.4 is 10.5 Å². The van der Waals surface area contributed by atoms with E-state index in [1.807, 2.05) is 36.4 Å². The predicted octanol–water partition coefficient (Wildman–Crippen LogP) is 3.87. The first-order valence-corrected chi connectivity index (χ1v) is 7.19. The van der Waals surface area contributed by atoms with Gasteiger partial charge in [0.05, 0.1) is 16.2 Å². The molecule has 4 nitrogen and oxygen atoms in total. The number of halogens is 1. The van der Waals surface area contributed by atoms with Crippen molar-refractivity contribution in [3.63, 3.8) is 0 Å². The Morgan fingerprint density at radius 1 is 1.19 bits per heavy atom. The van der Waals surface area contributed by atoms with Crippen LogP contribution in [0.2, 0.25) is 5.02 Å². The summed E-state index contributed by atoms with van der Waals surface area (Å²) in [6.45, 7) is 3.23. The number of benzene rings is 2. The van der Waals surface area contributed by atoms with Crippen molar-refractivity contribution in [2.45, 2.75) is 20.1 Å². The van der Waals surface area contributed by atoms with Gasteiger partial charge in [-0.2, -0.15) is 0 Å². The largest absolute Gasteiger partial charge is 0.484 e. The summed E-state index contributed by atoms with van der Waals surface area (Å²) in [5.74, 6) is 1.49. The third kappa shape index (κ3) is 2.54. The van der Waals surface area contributed by atoms with Gasteiger partial charge in [-0.05, 0) is 31.2 Å². The van der Waals surface area contributed by atoms with Gasteiger partial charge in [0.25, 0.3) is 0 Å². The number of aryl methyl sites for hydroxylation is 1. The van der Waals surface area contributed by atoms with Crippen LogP contribution in [0.3, 0.4) is 0 Å². The van der Waals surface area contributed by atoms with Gasteiger partial charge in [0.2, 0.25) is 0 Å². The lowest BCUT2D eigenvalue weighted by Crippen LogP contribution is -2.06. The second-order valence-corrected chi connectivity index (χ2v) is 5.11. The van der Waals surface area contributed by atoms with Crippen LogP contribution in [0.25, 0.3) is 11.0 Å². The summed E-state index contributed by atoms with van der Waals surface area (Å²) in [7, 11) is 0. The molecular formula is C16H16ClN3O. The number of rotatable bonds is 4. The minimum Gasteiger partial charge on any atom is -0.484 e. The molecular weight excluding hydrogens is 286 g/mol. The number of hydrogen-bond acceptors (Lipinski definition) is 3. The van der Waals surface area contributed by atoms with E-state index in [4.69, 9.17) is 22.1 Å². The van der Waals surface area contributed by atoms with Gasteiger partial charge in [-0.15, -0.1) is 0 Å². The molecule has 0 aliphatic heterocycles. The fraction of sp³-hybridized carbons (Fsp3) is 0.188. The van der Waals surface area contributed by atoms with Crippen molar-refractivity contribution in [1.82, 2.24) is 9.55 Å². The maximum atomic E-state index is 6.10. The van der Waals surface area contributed by atoms with Gasteiger partial charge in [-0.25, -0.2) is 4.98 Å². The second kappa shape index (κ2) is 5.66. The molecule has 21 heavy (non-hydrogen) atoms. The van der Waals surface area contributed by atoms with E-state index in [1.165, 1.54) is 0 Å². The van der Waals surface area contributed by atoms with E-state index in [2.05, 4.69) is 16.5 Å². The van der Waals surface area contributed by atoms with Gasteiger partial charge in [-0.3, -0.25) is 0 Å². The van der Waals surface area contributed by atoms with Gasteiger partial charge in [0.15, 0.2) is 0 Å². The van der Waals surface area contributed by atoms with E-state index in [0.717, 1.165) is 23.4 Å². The molecule has 0 saturated heterocycles.